The third kappa shape index (κ3) is 5.47. The van der Waals surface area contributed by atoms with Crippen LogP contribution in [0.15, 0.2) is 0 Å². The number of carbonyl (C=O) groups excluding carboxylic acids is 1. The van der Waals surface area contributed by atoms with Crippen LogP contribution in [-0.4, -0.2) is 89.1 Å². The van der Waals surface area contributed by atoms with Gasteiger partial charge >= 0.3 is 5.97 Å². The number of rotatable bonds is 7. The molecule has 112 valence electrons. The number of quaternary nitrogens is 2. The number of carbonyl (C=O) groups is 1. The molecule has 0 aromatic heterocycles. The van der Waals surface area contributed by atoms with E-state index in [1.807, 2.05) is 0 Å². The van der Waals surface area contributed by atoms with Crippen molar-refractivity contribution in [2.45, 2.75) is 12.8 Å². The Balaban J connectivity index is 2.35. The third-order valence-corrected chi connectivity index (χ3v) is 4.49. The van der Waals surface area contributed by atoms with E-state index in [9.17, 15) is 4.79 Å². The van der Waals surface area contributed by atoms with E-state index in [1.54, 1.807) is 7.11 Å². The van der Waals surface area contributed by atoms with Gasteiger partial charge in [-0.2, -0.15) is 0 Å². The largest absolute Gasteiger partial charge is 0.469 e. The first kappa shape index (κ1) is 16.4. The Morgan fingerprint density at radius 3 is 2.00 bits per heavy atom. The summed E-state index contributed by atoms with van der Waals surface area (Å²) < 4.78 is 12.0. The average molecular weight is 274 g/mol. The van der Waals surface area contributed by atoms with Crippen molar-refractivity contribution in [2.75, 3.05) is 74.2 Å². The number of methoxy groups -OCH3 is 2. The normalized spacial score (nSPS) is 31.2. The van der Waals surface area contributed by atoms with Crippen LogP contribution in [0.4, 0.5) is 0 Å². The van der Waals surface area contributed by atoms with E-state index in [0.29, 0.717) is 6.42 Å². The van der Waals surface area contributed by atoms with E-state index < -0.39 is 0 Å². The summed E-state index contributed by atoms with van der Waals surface area (Å²) in [6, 6.07) is 0. The van der Waals surface area contributed by atoms with Crippen LogP contribution in [0.3, 0.4) is 0 Å². The third-order valence-electron chi connectivity index (χ3n) is 4.49. The number of hydrogen-bond donors (Lipinski definition) is 0. The molecule has 5 nitrogen and oxygen atoms in total. The smallest absolute Gasteiger partial charge is 0.311 e. The highest BCUT2D eigenvalue weighted by molar-refractivity contribution is 5.69. The van der Waals surface area contributed by atoms with Gasteiger partial charge in [0.15, 0.2) is 0 Å². The molecule has 0 atom stereocenters. The van der Waals surface area contributed by atoms with Gasteiger partial charge in [-0.05, 0) is 0 Å². The number of esters is 1. The number of ether oxygens (including phenoxy) is 2. The molecule has 1 rings (SSSR count). The highest BCUT2D eigenvalue weighted by Gasteiger charge is 2.36. The molecule has 0 bridgehead atoms. The van der Waals surface area contributed by atoms with Gasteiger partial charge < -0.3 is 18.4 Å². The van der Waals surface area contributed by atoms with Crippen molar-refractivity contribution in [2.24, 2.45) is 0 Å². The van der Waals surface area contributed by atoms with Crippen LogP contribution < -0.4 is 0 Å². The Kier molecular flexibility index (Phi) is 6.23. The van der Waals surface area contributed by atoms with Gasteiger partial charge in [0.2, 0.25) is 0 Å². The zero-order chi connectivity index (χ0) is 14.4. The summed E-state index contributed by atoms with van der Waals surface area (Å²) >= 11 is 0. The zero-order valence-corrected chi connectivity index (χ0v) is 13.0. The summed E-state index contributed by atoms with van der Waals surface area (Å²) in [7, 11) is 7.81. The van der Waals surface area contributed by atoms with Gasteiger partial charge in [-0.15, -0.1) is 0 Å². The maximum absolute atomic E-state index is 11.2. The second-order valence-corrected chi connectivity index (χ2v) is 6.25. The fourth-order valence-electron chi connectivity index (χ4n) is 2.69. The summed E-state index contributed by atoms with van der Waals surface area (Å²) in [4.78, 5) is 11.2. The lowest BCUT2D eigenvalue weighted by Crippen LogP contribution is -2.64. The Labute approximate surface area is 117 Å². The Morgan fingerprint density at radius 1 is 1.00 bits per heavy atom. The van der Waals surface area contributed by atoms with Crippen molar-refractivity contribution in [3.8, 4) is 0 Å². The van der Waals surface area contributed by atoms with Crippen LogP contribution in [0, 0.1) is 0 Å². The molecule has 1 aliphatic heterocycles. The molecule has 1 fully saturated rings. The van der Waals surface area contributed by atoms with Gasteiger partial charge in [0.25, 0.3) is 0 Å². The summed E-state index contributed by atoms with van der Waals surface area (Å²) in [6.45, 7) is 7.57. The van der Waals surface area contributed by atoms with Crippen molar-refractivity contribution in [3.05, 3.63) is 0 Å². The summed E-state index contributed by atoms with van der Waals surface area (Å²) in [5, 5.41) is 0. The van der Waals surface area contributed by atoms with Crippen LogP contribution in [-0.2, 0) is 14.3 Å². The van der Waals surface area contributed by atoms with Crippen LogP contribution in [0.1, 0.15) is 12.8 Å². The standard InChI is InChI=1S/C14H30N2O3/c1-15(7-5-13-18-3)9-11-16(2,12-10-15)8-6-14(17)19-4/h5-13H2,1-4H3/q+2. The fraction of sp³-hybridized carbons (Fsp3) is 0.929. The van der Waals surface area contributed by atoms with E-state index in [-0.39, 0.29) is 5.97 Å². The molecule has 0 saturated carbocycles. The van der Waals surface area contributed by atoms with E-state index in [0.717, 1.165) is 41.6 Å². The van der Waals surface area contributed by atoms with Crippen molar-refractivity contribution in [1.29, 1.82) is 0 Å². The molecule has 0 aromatic rings. The molecule has 1 aliphatic rings. The highest BCUT2D eigenvalue weighted by Crippen LogP contribution is 2.17. The number of likely N-dealkylation sites (N-methyl/N-ethyl adjacent to an activating group) is 2. The summed E-state index contributed by atoms with van der Waals surface area (Å²) in [5.41, 5.74) is 0. The lowest BCUT2D eigenvalue weighted by atomic mass is 10.2. The van der Waals surface area contributed by atoms with Gasteiger partial charge in [0.1, 0.15) is 26.2 Å². The SMILES string of the molecule is COCCC[N+]1(C)CC[N+](C)(CCC(=O)OC)CC1. The molecule has 0 unspecified atom stereocenters. The molecule has 0 spiro atoms. The number of nitrogens with zero attached hydrogens (tertiary/aromatic N) is 2. The first-order valence-electron chi connectivity index (χ1n) is 7.16. The molecule has 0 aliphatic carbocycles. The minimum atomic E-state index is -0.0951. The molecule has 19 heavy (non-hydrogen) atoms. The minimum absolute atomic E-state index is 0.0951. The van der Waals surface area contributed by atoms with Crippen molar-refractivity contribution >= 4 is 5.97 Å². The van der Waals surface area contributed by atoms with Crippen LogP contribution in [0.5, 0.6) is 0 Å². The van der Waals surface area contributed by atoms with Gasteiger partial charge in [-0.1, -0.05) is 0 Å². The molecule has 0 amide bonds. The topological polar surface area (TPSA) is 35.5 Å². The van der Waals surface area contributed by atoms with E-state index >= 15 is 0 Å². The molecule has 0 radical (unpaired) electrons. The van der Waals surface area contributed by atoms with E-state index in [4.69, 9.17) is 9.47 Å². The molecule has 1 heterocycles. The molecular weight excluding hydrogens is 244 g/mol. The van der Waals surface area contributed by atoms with Gasteiger partial charge in [0, 0.05) is 13.5 Å². The first-order chi connectivity index (χ1) is 8.93. The fourth-order valence-corrected chi connectivity index (χ4v) is 2.69. The second kappa shape index (κ2) is 7.22. The van der Waals surface area contributed by atoms with Gasteiger partial charge in [-0.25, -0.2) is 0 Å². The van der Waals surface area contributed by atoms with E-state index in [2.05, 4.69) is 14.1 Å². The Hall–Kier alpha value is -0.650. The number of piperazine rings is 1. The van der Waals surface area contributed by atoms with Crippen LogP contribution in [0.25, 0.3) is 0 Å². The predicted molar refractivity (Wildman–Crippen MR) is 74.7 cm³/mol. The van der Waals surface area contributed by atoms with E-state index in [1.165, 1.54) is 26.7 Å². The average Bonchev–Trinajstić information content (AvgIpc) is 2.41. The molecule has 0 aromatic carbocycles. The van der Waals surface area contributed by atoms with Crippen LogP contribution in [0.2, 0.25) is 0 Å². The quantitative estimate of drug-likeness (QED) is 0.385. The first-order valence-corrected chi connectivity index (χ1v) is 7.16. The Morgan fingerprint density at radius 2 is 1.53 bits per heavy atom. The number of hydrogen-bond acceptors (Lipinski definition) is 3. The maximum atomic E-state index is 11.2. The van der Waals surface area contributed by atoms with Gasteiger partial charge in [-0.3, -0.25) is 4.79 Å². The minimum Gasteiger partial charge on any atom is -0.469 e. The lowest BCUT2D eigenvalue weighted by molar-refractivity contribution is -1.01. The molecule has 1 saturated heterocycles. The summed E-state index contributed by atoms with van der Waals surface area (Å²) in [5.74, 6) is -0.0951. The maximum Gasteiger partial charge on any atom is 0.311 e. The monoisotopic (exact) mass is 274 g/mol. The Bertz CT molecular complexity index is 286. The molecule has 5 heteroatoms. The van der Waals surface area contributed by atoms with Crippen LogP contribution >= 0.6 is 0 Å². The molecular formula is C14H30N2O3+2. The van der Waals surface area contributed by atoms with Crippen molar-refractivity contribution in [1.82, 2.24) is 0 Å². The second-order valence-electron chi connectivity index (χ2n) is 6.25. The van der Waals surface area contributed by atoms with Gasteiger partial charge in [0.05, 0.1) is 47.3 Å². The summed E-state index contributed by atoms with van der Waals surface area (Å²) in [6.07, 6.45) is 1.65. The molecule has 0 N–H and O–H groups in total. The van der Waals surface area contributed by atoms with Crippen molar-refractivity contribution in [3.63, 3.8) is 0 Å². The lowest BCUT2D eigenvalue weighted by Gasteiger charge is -2.46. The predicted octanol–water partition coefficient (Wildman–Crippen LogP) is 0.493. The van der Waals surface area contributed by atoms with Crippen molar-refractivity contribution < 1.29 is 23.2 Å². The highest BCUT2D eigenvalue weighted by atomic mass is 16.5. The zero-order valence-electron chi connectivity index (χ0n) is 13.0.